The molecule has 0 radical (unpaired) electrons. The average Bonchev–Trinajstić information content (AvgIpc) is 2.28. The SMILES string of the molecule is COC(=O)c1nc(C)sc1N. The number of ether oxygens (including phenoxy) is 1. The molecule has 1 heterocycles. The van der Waals surface area contributed by atoms with Crippen LogP contribution in [0.1, 0.15) is 15.5 Å². The van der Waals surface area contributed by atoms with Crippen molar-refractivity contribution in [2.75, 3.05) is 12.8 Å². The first-order valence-corrected chi connectivity index (χ1v) is 3.78. The van der Waals surface area contributed by atoms with Gasteiger partial charge in [0.25, 0.3) is 0 Å². The highest BCUT2D eigenvalue weighted by Gasteiger charge is 2.14. The Labute approximate surface area is 68.0 Å². The molecule has 1 aromatic rings. The van der Waals surface area contributed by atoms with Crippen LogP contribution in [-0.2, 0) is 4.74 Å². The Hall–Kier alpha value is -1.10. The molecule has 0 bridgehead atoms. The van der Waals surface area contributed by atoms with E-state index in [9.17, 15) is 4.79 Å². The molecular weight excluding hydrogens is 164 g/mol. The molecule has 0 unspecified atom stereocenters. The van der Waals surface area contributed by atoms with E-state index in [1.54, 1.807) is 6.92 Å². The zero-order valence-electron chi connectivity index (χ0n) is 6.25. The van der Waals surface area contributed by atoms with Crippen molar-refractivity contribution in [3.05, 3.63) is 10.7 Å². The highest BCUT2D eigenvalue weighted by atomic mass is 32.1. The second kappa shape index (κ2) is 2.87. The predicted molar refractivity (Wildman–Crippen MR) is 42.6 cm³/mol. The quantitative estimate of drug-likeness (QED) is 0.637. The van der Waals surface area contributed by atoms with Crippen molar-refractivity contribution >= 4 is 22.3 Å². The Balaban J connectivity index is 3.03. The zero-order valence-corrected chi connectivity index (χ0v) is 7.07. The van der Waals surface area contributed by atoms with Gasteiger partial charge in [-0.25, -0.2) is 9.78 Å². The Bertz CT molecular complexity index is 282. The fourth-order valence-electron chi connectivity index (χ4n) is 0.686. The summed E-state index contributed by atoms with van der Waals surface area (Å²) in [6.45, 7) is 1.79. The first kappa shape index (κ1) is 8.00. The van der Waals surface area contributed by atoms with Crippen LogP contribution < -0.4 is 5.73 Å². The molecule has 0 saturated heterocycles. The van der Waals surface area contributed by atoms with E-state index in [1.165, 1.54) is 18.4 Å². The van der Waals surface area contributed by atoms with Gasteiger partial charge in [-0.3, -0.25) is 0 Å². The topological polar surface area (TPSA) is 65.2 Å². The fraction of sp³-hybridized carbons (Fsp3) is 0.333. The summed E-state index contributed by atoms with van der Waals surface area (Å²) in [4.78, 5) is 14.8. The van der Waals surface area contributed by atoms with Gasteiger partial charge in [-0.1, -0.05) is 0 Å². The minimum absolute atomic E-state index is 0.218. The number of carbonyl (C=O) groups excluding carboxylic acids is 1. The van der Waals surface area contributed by atoms with E-state index in [0.717, 1.165) is 5.01 Å². The average molecular weight is 172 g/mol. The third kappa shape index (κ3) is 1.48. The van der Waals surface area contributed by atoms with E-state index in [2.05, 4.69) is 9.72 Å². The molecule has 4 nitrogen and oxygen atoms in total. The van der Waals surface area contributed by atoms with Crippen molar-refractivity contribution in [3.63, 3.8) is 0 Å². The van der Waals surface area contributed by atoms with Gasteiger partial charge < -0.3 is 10.5 Å². The molecule has 0 aliphatic rings. The van der Waals surface area contributed by atoms with Crippen molar-refractivity contribution in [1.82, 2.24) is 4.98 Å². The Morgan fingerprint density at radius 1 is 1.73 bits per heavy atom. The smallest absolute Gasteiger partial charge is 0.359 e. The van der Waals surface area contributed by atoms with Gasteiger partial charge in [0.2, 0.25) is 0 Å². The number of hydrogen-bond acceptors (Lipinski definition) is 5. The molecule has 0 spiro atoms. The van der Waals surface area contributed by atoms with Gasteiger partial charge >= 0.3 is 5.97 Å². The summed E-state index contributed by atoms with van der Waals surface area (Å²) in [6.07, 6.45) is 0. The van der Waals surface area contributed by atoms with Crippen LogP contribution in [0.5, 0.6) is 0 Å². The minimum Gasteiger partial charge on any atom is -0.464 e. The third-order valence-electron chi connectivity index (χ3n) is 1.14. The van der Waals surface area contributed by atoms with Crippen molar-refractivity contribution in [2.45, 2.75) is 6.92 Å². The Morgan fingerprint density at radius 2 is 2.36 bits per heavy atom. The lowest BCUT2D eigenvalue weighted by Crippen LogP contribution is -2.04. The highest BCUT2D eigenvalue weighted by molar-refractivity contribution is 7.15. The number of nitrogen functional groups attached to an aromatic ring is 1. The third-order valence-corrected chi connectivity index (χ3v) is 1.94. The number of carbonyl (C=O) groups is 1. The summed E-state index contributed by atoms with van der Waals surface area (Å²) < 4.78 is 4.46. The van der Waals surface area contributed by atoms with Crippen molar-refractivity contribution < 1.29 is 9.53 Å². The van der Waals surface area contributed by atoms with E-state index in [0.29, 0.717) is 5.00 Å². The van der Waals surface area contributed by atoms with Gasteiger partial charge in [0.05, 0.1) is 12.1 Å². The van der Waals surface area contributed by atoms with Gasteiger partial charge in [-0.2, -0.15) is 0 Å². The lowest BCUT2D eigenvalue weighted by molar-refractivity contribution is 0.0596. The van der Waals surface area contributed by atoms with Crippen LogP contribution in [-0.4, -0.2) is 18.1 Å². The number of anilines is 1. The van der Waals surface area contributed by atoms with Gasteiger partial charge in [0.15, 0.2) is 5.69 Å². The van der Waals surface area contributed by atoms with Gasteiger partial charge in [-0.05, 0) is 6.92 Å². The molecule has 0 amide bonds. The molecule has 0 atom stereocenters. The summed E-state index contributed by atoms with van der Waals surface area (Å²) in [7, 11) is 1.30. The maximum atomic E-state index is 10.9. The monoisotopic (exact) mass is 172 g/mol. The fourth-order valence-corrected chi connectivity index (χ4v) is 1.37. The Kier molecular flexibility index (Phi) is 2.09. The van der Waals surface area contributed by atoms with Crippen LogP contribution in [0.4, 0.5) is 5.00 Å². The molecule has 0 fully saturated rings. The Morgan fingerprint density at radius 3 is 2.73 bits per heavy atom. The molecule has 0 saturated carbocycles. The number of thiazole rings is 1. The first-order valence-electron chi connectivity index (χ1n) is 2.96. The first-order chi connectivity index (χ1) is 5.15. The van der Waals surface area contributed by atoms with Crippen LogP contribution in [0.25, 0.3) is 0 Å². The summed E-state index contributed by atoms with van der Waals surface area (Å²) in [5.74, 6) is -0.480. The van der Waals surface area contributed by atoms with E-state index in [4.69, 9.17) is 5.73 Å². The second-order valence-electron chi connectivity index (χ2n) is 1.94. The number of nitrogens with zero attached hydrogens (tertiary/aromatic N) is 1. The summed E-state index contributed by atoms with van der Waals surface area (Å²) in [5, 5.41) is 1.18. The number of nitrogens with two attached hydrogens (primary N) is 1. The minimum atomic E-state index is -0.480. The lowest BCUT2D eigenvalue weighted by Gasteiger charge is -1.93. The van der Waals surface area contributed by atoms with Crippen molar-refractivity contribution in [1.29, 1.82) is 0 Å². The van der Waals surface area contributed by atoms with Crippen LogP contribution >= 0.6 is 11.3 Å². The largest absolute Gasteiger partial charge is 0.464 e. The number of esters is 1. The molecule has 1 aromatic heterocycles. The highest BCUT2D eigenvalue weighted by Crippen LogP contribution is 2.20. The lowest BCUT2D eigenvalue weighted by atomic mass is 10.5. The standard InChI is InChI=1S/C6H8N2O2S/c1-3-8-4(5(7)11-3)6(9)10-2/h7H2,1-2H3. The number of aromatic nitrogens is 1. The number of hydrogen-bond donors (Lipinski definition) is 1. The van der Waals surface area contributed by atoms with Gasteiger partial charge in [-0.15, -0.1) is 11.3 Å². The second-order valence-corrected chi connectivity index (χ2v) is 3.17. The number of rotatable bonds is 1. The van der Waals surface area contributed by atoms with Gasteiger partial charge in [0, 0.05) is 0 Å². The zero-order chi connectivity index (χ0) is 8.43. The predicted octanol–water partition coefficient (Wildman–Crippen LogP) is 0.820. The van der Waals surface area contributed by atoms with Crippen LogP contribution in [0.3, 0.4) is 0 Å². The maximum Gasteiger partial charge on any atom is 0.359 e. The summed E-state index contributed by atoms with van der Waals surface area (Å²) in [6, 6.07) is 0. The number of aryl methyl sites for hydroxylation is 1. The molecule has 5 heteroatoms. The van der Waals surface area contributed by atoms with E-state index in [-0.39, 0.29) is 5.69 Å². The van der Waals surface area contributed by atoms with Crippen molar-refractivity contribution in [2.24, 2.45) is 0 Å². The molecule has 60 valence electrons. The van der Waals surface area contributed by atoms with Crippen LogP contribution in [0.2, 0.25) is 0 Å². The maximum absolute atomic E-state index is 10.9. The number of methoxy groups -OCH3 is 1. The normalized spacial score (nSPS) is 9.64. The molecule has 11 heavy (non-hydrogen) atoms. The molecule has 1 rings (SSSR count). The van der Waals surface area contributed by atoms with Crippen LogP contribution in [0.15, 0.2) is 0 Å². The summed E-state index contributed by atoms with van der Waals surface area (Å²) in [5.41, 5.74) is 5.69. The van der Waals surface area contributed by atoms with Crippen molar-refractivity contribution in [3.8, 4) is 0 Å². The molecule has 2 N–H and O–H groups in total. The van der Waals surface area contributed by atoms with E-state index >= 15 is 0 Å². The molecule has 0 aromatic carbocycles. The molecule has 0 aliphatic heterocycles. The van der Waals surface area contributed by atoms with E-state index in [1.807, 2.05) is 0 Å². The van der Waals surface area contributed by atoms with E-state index < -0.39 is 5.97 Å². The summed E-state index contributed by atoms with van der Waals surface area (Å²) >= 11 is 1.28. The molecular formula is C6H8N2O2S. The van der Waals surface area contributed by atoms with Gasteiger partial charge in [0.1, 0.15) is 5.00 Å². The molecule has 0 aliphatic carbocycles. The van der Waals surface area contributed by atoms with Crippen LogP contribution in [0, 0.1) is 6.92 Å².